The summed E-state index contributed by atoms with van der Waals surface area (Å²) in [5.74, 6) is 0.619. The van der Waals surface area contributed by atoms with Crippen LogP contribution in [0.4, 0.5) is 5.69 Å². The van der Waals surface area contributed by atoms with Gasteiger partial charge in [-0.05, 0) is 41.8 Å². The third-order valence-electron chi connectivity index (χ3n) is 6.63. The molecule has 0 saturated carbocycles. The van der Waals surface area contributed by atoms with Gasteiger partial charge < -0.3 is 24.4 Å². The molecule has 1 unspecified atom stereocenters. The molecule has 11 heteroatoms. The molecule has 1 N–H and O–H groups in total. The van der Waals surface area contributed by atoms with E-state index < -0.39 is 28.5 Å². The minimum Gasteiger partial charge on any atom is -0.497 e. The Morgan fingerprint density at radius 2 is 1.71 bits per heavy atom. The maximum absolute atomic E-state index is 14.1. The number of carbonyl (C=O) groups is 2. The molecule has 2 amide bonds. The topological polar surface area (TPSA) is 114 Å². The molecule has 0 saturated heterocycles. The van der Waals surface area contributed by atoms with E-state index in [-0.39, 0.29) is 31.4 Å². The molecule has 0 aliphatic carbocycles. The summed E-state index contributed by atoms with van der Waals surface area (Å²) < 4.78 is 43.1. The molecule has 218 valence electrons. The van der Waals surface area contributed by atoms with Gasteiger partial charge in [-0.15, -0.1) is 0 Å². The molecule has 1 heterocycles. The fourth-order valence-corrected chi connectivity index (χ4v) is 5.38. The third-order valence-corrected chi connectivity index (χ3v) is 7.77. The predicted molar refractivity (Wildman–Crippen MR) is 156 cm³/mol. The molecule has 4 rings (SSSR count). The van der Waals surface area contributed by atoms with Crippen LogP contribution in [-0.2, 0) is 32.6 Å². The van der Waals surface area contributed by atoms with E-state index in [1.807, 2.05) is 43.3 Å². The molecule has 3 aromatic rings. The molecule has 41 heavy (non-hydrogen) atoms. The van der Waals surface area contributed by atoms with Crippen molar-refractivity contribution in [3.63, 3.8) is 0 Å². The number of rotatable bonds is 13. The first-order valence-corrected chi connectivity index (χ1v) is 15.2. The Labute approximate surface area is 240 Å². The first-order chi connectivity index (χ1) is 19.7. The molecule has 0 aromatic heterocycles. The highest BCUT2D eigenvalue weighted by molar-refractivity contribution is 7.92. The summed E-state index contributed by atoms with van der Waals surface area (Å²) >= 11 is 0. The first kappa shape index (κ1) is 29.7. The summed E-state index contributed by atoms with van der Waals surface area (Å²) in [6.45, 7) is 1.96. The van der Waals surface area contributed by atoms with Gasteiger partial charge in [0.1, 0.15) is 18.3 Å². The van der Waals surface area contributed by atoms with Gasteiger partial charge in [-0.2, -0.15) is 0 Å². The Morgan fingerprint density at radius 3 is 2.41 bits per heavy atom. The predicted octanol–water partition coefficient (Wildman–Crippen LogP) is 3.36. The normalized spacial score (nSPS) is 12.9. The zero-order chi connectivity index (χ0) is 29.4. The Bertz CT molecular complexity index is 1460. The lowest BCUT2D eigenvalue weighted by Gasteiger charge is -2.33. The number of fused-ring (bicyclic) bond motifs is 1. The Hall–Kier alpha value is -4.25. The number of sulfonamides is 1. The van der Waals surface area contributed by atoms with Gasteiger partial charge in [0.2, 0.25) is 28.6 Å². The van der Waals surface area contributed by atoms with Gasteiger partial charge in [-0.3, -0.25) is 13.9 Å². The second-order valence-electron chi connectivity index (χ2n) is 9.68. The summed E-state index contributed by atoms with van der Waals surface area (Å²) in [6, 6.07) is 20.4. The fourth-order valence-electron chi connectivity index (χ4n) is 4.54. The number of amides is 2. The molecular weight excluding hydrogens is 546 g/mol. The minimum absolute atomic E-state index is 0.0267. The number of hydrogen-bond acceptors (Lipinski definition) is 7. The lowest BCUT2D eigenvalue weighted by atomic mass is 10.0. The van der Waals surface area contributed by atoms with Gasteiger partial charge in [0.15, 0.2) is 11.5 Å². The van der Waals surface area contributed by atoms with Crippen molar-refractivity contribution in [3.05, 3.63) is 83.9 Å². The Kier molecular flexibility index (Phi) is 9.72. The third kappa shape index (κ3) is 7.69. The molecule has 0 fully saturated rings. The molecule has 10 nitrogen and oxygen atoms in total. The van der Waals surface area contributed by atoms with E-state index in [4.69, 9.17) is 14.2 Å². The molecule has 1 aliphatic heterocycles. The lowest BCUT2D eigenvalue weighted by Crippen LogP contribution is -2.53. The van der Waals surface area contributed by atoms with Gasteiger partial charge in [0.25, 0.3) is 0 Å². The zero-order valence-corrected chi connectivity index (χ0v) is 24.2. The molecule has 1 aliphatic rings. The molecule has 0 radical (unpaired) electrons. The number of ether oxygens (including phenoxy) is 3. The van der Waals surface area contributed by atoms with Crippen LogP contribution in [0.15, 0.2) is 72.8 Å². The van der Waals surface area contributed by atoms with Crippen LogP contribution in [0.1, 0.15) is 24.5 Å². The molecule has 3 aromatic carbocycles. The van der Waals surface area contributed by atoms with E-state index in [9.17, 15) is 18.0 Å². The summed E-state index contributed by atoms with van der Waals surface area (Å²) in [5, 5.41) is 2.92. The number of nitrogens with zero attached hydrogens (tertiary/aromatic N) is 2. The van der Waals surface area contributed by atoms with Crippen molar-refractivity contribution in [2.24, 2.45) is 0 Å². The number of benzene rings is 3. The summed E-state index contributed by atoms with van der Waals surface area (Å²) in [4.78, 5) is 29.1. The van der Waals surface area contributed by atoms with Crippen molar-refractivity contribution in [1.82, 2.24) is 10.2 Å². The van der Waals surface area contributed by atoms with Gasteiger partial charge in [0.05, 0.1) is 19.1 Å². The highest BCUT2D eigenvalue weighted by Crippen LogP contribution is 2.36. The average Bonchev–Trinajstić information content (AvgIpc) is 3.44. The number of hydrogen-bond donors (Lipinski definition) is 1. The number of nitrogens with one attached hydrogen (secondary N) is 1. The maximum Gasteiger partial charge on any atom is 0.244 e. The van der Waals surface area contributed by atoms with Crippen LogP contribution in [0, 0.1) is 0 Å². The second kappa shape index (κ2) is 13.4. The van der Waals surface area contributed by atoms with Gasteiger partial charge in [-0.25, -0.2) is 8.42 Å². The van der Waals surface area contributed by atoms with Crippen molar-refractivity contribution in [1.29, 1.82) is 0 Å². The van der Waals surface area contributed by atoms with Crippen LogP contribution in [0.3, 0.4) is 0 Å². The highest BCUT2D eigenvalue weighted by Gasteiger charge is 2.33. The lowest BCUT2D eigenvalue weighted by molar-refractivity contribution is -0.140. The molecule has 0 spiro atoms. The number of methoxy groups -OCH3 is 1. The van der Waals surface area contributed by atoms with E-state index >= 15 is 0 Å². The monoisotopic (exact) mass is 581 g/mol. The maximum atomic E-state index is 14.1. The van der Waals surface area contributed by atoms with Crippen LogP contribution in [-0.4, -0.2) is 64.4 Å². The van der Waals surface area contributed by atoms with Gasteiger partial charge in [-0.1, -0.05) is 49.4 Å². The molecule has 0 bridgehead atoms. The van der Waals surface area contributed by atoms with Crippen molar-refractivity contribution in [3.8, 4) is 17.2 Å². The second-order valence-corrected chi connectivity index (χ2v) is 11.6. The number of anilines is 1. The zero-order valence-electron chi connectivity index (χ0n) is 23.4. The van der Waals surface area contributed by atoms with E-state index in [0.29, 0.717) is 23.8 Å². The summed E-state index contributed by atoms with van der Waals surface area (Å²) in [5.41, 5.74) is 1.85. The smallest absolute Gasteiger partial charge is 0.244 e. The SMILES string of the molecule is CCCNC(=O)C(Cc1ccccc1)N(Cc1cccc(OC)c1)C(=O)CN(c1ccc2c(c1)OCO2)S(C)(=O)=O. The largest absolute Gasteiger partial charge is 0.497 e. The highest BCUT2D eigenvalue weighted by atomic mass is 32.2. The number of carbonyl (C=O) groups excluding carboxylic acids is 2. The van der Waals surface area contributed by atoms with Crippen molar-refractivity contribution in [2.45, 2.75) is 32.4 Å². The van der Waals surface area contributed by atoms with Crippen LogP contribution in [0.25, 0.3) is 0 Å². The van der Waals surface area contributed by atoms with Gasteiger partial charge in [0, 0.05) is 25.6 Å². The standard InChI is InChI=1S/C30H35N3O7S/c1-4-15-31-30(35)26(17-22-9-6-5-7-10-22)32(19-23-11-8-12-25(16-23)38-2)29(34)20-33(41(3,36)37)24-13-14-27-28(18-24)40-21-39-27/h5-14,16,18,26H,4,15,17,19-21H2,1-3H3,(H,31,35). The molecular formula is C30H35N3O7S. The van der Waals surface area contributed by atoms with Crippen LogP contribution in [0.5, 0.6) is 17.2 Å². The van der Waals surface area contributed by atoms with Crippen LogP contribution >= 0.6 is 0 Å². The van der Waals surface area contributed by atoms with Crippen molar-refractivity contribution in [2.75, 3.05) is 37.6 Å². The van der Waals surface area contributed by atoms with E-state index in [1.165, 1.54) is 11.0 Å². The van der Waals surface area contributed by atoms with E-state index in [0.717, 1.165) is 28.1 Å². The molecule has 1 atom stereocenters. The van der Waals surface area contributed by atoms with Crippen LogP contribution in [0.2, 0.25) is 0 Å². The van der Waals surface area contributed by atoms with Crippen LogP contribution < -0.4 is 23.8 Å². The van der Waals surface area contributed by atoms with Crippen molar-refractivity contribution >= 4 is 27.5 Å². The summed E-state index contributed by atoms with van der Waals surface area (Å²) in [6.07, 6.45) is 2.00. The Balaban J connectivity index is 1.72. The average molecular weight is 582 g/mol. The summed E-state index contributed by atoms with van der Waals surface area (Å²) in [7, 11) is -2.35. The fraction of sp³-hybridized carbons (Fsp3) is 0.333. The quantitative estimate of drug-likeness (QED) is 0.329. The van der Waals surface area contributed by atoms with Gasteiger partial charge >= 0.3 is 0 Å². The Morgan fingerprint density at radius 1 is 0.976 bits per heavy atom. The van der Waals surface area contributed by atoms with Crippen molar-refractivity contribution < 1.29 is 32.2 Å². The van der Waals surface area contributed by atoms with E-state index in [2.05, 4.69) is 5.32 Å². The minimum atomic E-state index is -3.90. The first-order valence-electron chi connectivity index (χ1n) is 13.3. The van der Waals surface area contributed by atoms with E-state index in [1.54, 1.807) is 37.4 Å².